The van der Waals surface area contributed by atoms with E-state index in [2.05, 4.69) is 10.2 Å². The van der Waals surface area contributed by atoms with Gasteiger partial charge < -0.3 is 5.11 Å². The van der Waals surface area contributed by atoms with Gasteiger partial charge in [0, 0.05) is 30.2 Å². The summed E-state index contributed by atoms with van der Waals surface area (Å²) in [5.74, 6) is -1.66. The summed E-state index contributed by atoms with van der Waals surface area (Å²) in [6.07, 6.45) is 0.395. The molecule has 0 spiro atoms. The Morgan fingerprint density at radius 1 is 1.47 bits per heavy atom. The third kappa shape index (κ3) is 2.65. The summed E-state index contributed by atoms with van der Waals surface area (Å²) in [4.78, 5) is 21.4. The van der Waals surface area contributed by atoms with Gasteiger partial charge in [-0.2, -0.15) is 5.10 Å². The highest BCUT2D eigenvalue weighted by molar-refractivity contribution is 6.38. The van der Waals surface area contributed by atoms with Crippen molar-refractivity contribution >= 4 is 23.1 Å². The molecular weight excluding hydrogens is 250 g/mol. The van der Waals surface area contributed by atoms with Crippen molar-refractivity contribution in [2.75, 3.05) is 0 Å². The number of carboxylic acid groups (broad SMARTS) is 1. The molecule has 0 radical (unpaired) electrons. The van der Waals surface area contributed by atoms with Crippen molar-refractivity contribution in [1.82, 2.24) is 0 Å². The molecule has 98 valence electrons. The predicted octanol–water partition coefficient (Wildman–Crippen LogP) is 1.98. The third-order valence-corrected chi connectivity index (χ3v) is 2.86. The quantitative estimate of drug-likeness (QED) is 0.663. The fourth-order valence-corrected chi connectivity index (χ4v) is 1.96. The second-order valence-electron chi connectivity index (χ2n) is 4.23. The molecule has 0 fully saturated rings. The molecular formula is C12H11N3O4. The van der Waals surface area contributed by atoms with Crippen LogP contribution in [-0.4, -0.2) is 27.4 Å². The summed E-state index contributed by atoms with van der Waals surface area (Å²) < 4.78 is 0. The number of carbonyl (C=O) groups is 1. The van der Waals surface area contributed by atoms with Crippen LogP contribution in [0.5, 0.6) is 0 Å². The van der Waals surface area contributed by atoms with Crippen LogP contribution in [0.4, 0.5) is 5.69 Å². The zero-order valence-corrected chi connectivity index (χ0v) is 10.1. The Hall–Kier alpha value is -2.57. The SMILES string of the molecule is CC1=NN=C(C(=O)O)C(c2cccc([N+](=O)[O-])c2)C1. The van der Waals surface area contributed by atoms with Gasteiger partial charge in [0.25, 0.3) is 5.69 Å². The number of carboxylic acids is 1. The molecule has 1 aliphatic rings. The number of nitro benzene ring substituents is 1. The normalized spacial score (nSPS) is 18.5. The topological polar surface area (TPSA) is 105 Å². The summed E-state index contributed by atoms with van der Waals surface area (Å²) in [6.45, 7) is 1.74. The summed E-state index contributed by atoms with van der Waals surface area (Å²) in [7, 11) is 0. The molecule has 7 heteroatoms. The molecule has 1 atom stereocenters. The number of non-ortho nitro benzene ring substituents is 1. The van der Waals surface area contributed by atoms with E-state index in [1.54, 1.807) is 13.0 Å². The molecule has 1 heterocycles. The molecule has 2 rings (SSSR count). The van der Waals surface area contributed by atoms with Crippen LogP contribution in [0.2, 0.25) is 0 Å². The maximum atomic E-state index is 11.1. The minimum absolute atomic E-state index is 0.0672. The fraction of sp³-hybridized carbons (Fsp3) is 0.250. The van der Waals surface area contributed by atoms with Gasteiger partial charge in [0.15, 0.2) is 5.71 Å². The summed E-state index contributed by atoms with van der Waals surface area (Å²) in [6, 6.07) is 5.94. The Morgan fingerprint density at radius 2 is 2.21 bits per heavy atom. The average molecular weight is 261 g/mol. The van der Waals surface area contributed by atoms with Gasteiger partial charge in [-0.15, -0.1) is 5.10 Å². The lowest BCUT2D eigenvalue weighted by Crippen LogP contribution is -2.26. The van der Waals surface area contributed by atoms with Gasteiger partial charge in [0.2, 0.25) is 0 Å². The summed E-state index contributed by atoms with van der Waals surface area (Å²) in [5.41, 5.74) is 1.10. The first-order valence-electron chi connectivity index (χ1n) is 5.57. The smallest absolute Gasteiger partial charge is 0.352 e. The predicted molar refractivity (Wildman–Crippen MR) is 68.6 cm³/mol. The third-order valence-electron chi connectivity index (χ3n) is 2.86. The van der Waals surface area contributed by atoms with Crippen molar-refractivity contribution in [3.63, 3.8) is 0 Å². The van der Waals surface area contributed by atoms with Crippen molar-refractivity contribution in [2.45, 2.75) is 19.3 Å². The van der Waals surface area contributed by atoms with E-state index in [1.807, 2.05) is 0 Å². The Kier molecular flexibility index (Phi) is 3.37. The zero-order chi connectivity index (χ0) is 14.0. The minimum Gasteiger partial charge on any atom is -0.477 e. The number of aliphatic carboxylic acids is 1. The van der Waals surface area contributed by atoms with Crippen LogP contribution in [0, 0.1) is 10.1 Å². The molecule has 19 heavy (non-hydrogen) atoms. The van der Waals surface area contributed by atoms with Gasteiger partial charge in [-0.1, -0.05) is 12.1 Å². The van der Waals surface area contributed by atoms with Crippen LogP contribution in [0.1, 0.15) is 24.8 Å². The van der Waals surface area contributed by atoms with Crippen molar-refractivity contribution in [1.29, 1.82) is 0 Å². The second-order valence-corrected chi connectivity index (χ2v) is 4.23. The van der Waals surface area contributed by atoms with Gasteiger partial charge in [0.05, 0.1) is 4.92 Å². The lowest BCUT2D eigenvalue weighted by atomic mass is 9.88. The average Bonchev–Trinajstić information content (AvgIpc) is 2.38. The first kappa shape index (κ1) is 12.9. The van der Waals surface area contributed by atoms with Crippen LogP contribution in [0.15, 0.2) is 34.5 Å². The minimum atomic E-state index is -1.16. The molecule has 1 aromatic carbocycles. The number of rotatable bonds is 3. The molecule has 1 aliphatic heterocycles. The van der Waals surface area contributed by atoms with Gasteiger partial charge >= 0.3 is 5.97 Å². The van der Waals surface area contributed by atoms with Gasteiger partial charge in [0.1, 0.15) is 0 Å². The summed E-state index contributed by atoms with van der Waals surface area (Å²) >= 11 is 0. The Balaban J connectivity index is 2.43. The molecule has 1 N–H and O–H groups in total. The Bertz CT molecular complexity index is 607. The van der Waals surface area contributed by atoms with Gasteiger partial charge in [-0.3, -0.25) is 10.1 Å². The Labute approximate surface area is 108 Å². The van der Waals surface area contributed by atoms with Crippen molar-refractivity contribution in [2.24, 2.45) is 10.2 Å². The van der Waals surface area contributed by atoms with Crippen LogP contribution >= 0.6 is 0 Å². The molecule has 1 aromatic rings. The van der Waals surface area contributed by atoms with E-state index in [0.717, 1.165) is 0 Å². The maximum Gasteiger partial charge on any atom is 0.352 e. The van der Waals surface area contributed by atoms with Gasteiger partial charge in [-0.25, -0.2) is 4.79 Å². The first-order valence-corrected chi connectivity index (χ1v) is 5.57. The van der Waals surface area contributed by atoms with Crippen LogP contribution < -0.4 is 0 Å². The van der Waals surface area contributed by atoms with Crippen molar-refractivity contribution < 1.29 is 14.8 Å². The molecule has 0 aliphatic carbocycles. The number of nitrogens with zero attached hydrogens (tertiary/aromatic N) is 3. The van der Waals surface area contributed by atoms with Crippen molar-refractivity contribution in [3.05, 3.63) is 39.9 Å². The fourth-order valence-electron chi connectivity index (χ4n) is 1.96. The van der Waals surface area contributed by atoms with Gasteiger partial charge in [-0.05, 0) is 12.5 Å². The highest BCUT2D eigenvalue weighted by atomic mass is 16.6. The van der Waals surface area contributed by atoms with Crippen molar-refractivity contribution in [3.8, 4) is 0 Å². The van der Waals surface area contributed by atoms with E-state index < -0.39 is 16.8 Å². The number of hydrogen-bond acceptors (Lipinski definition) is 5. The number of hydrogen-bond donors (Lipinski definition) is 1. The Morgan fingerprint density at radius 3 is 2.84 bits per heavy atom. The van der Waals surface area contributed by atoms with E-state index in [-0.39, 0.29) is 11.4 Å². The largest absolute Gasteiger partial charge is 0.477 e. The zero-order valence-electron chi connectivity index (χ0n) is 10.1. The maximum absolute atomic E-state index is 11.1. The van der Waals surface area contributed by atoms with E-state index in [4.69, 9.17) is 5.11 Å². The van der Waals surface area contributed by atoms with Crippen LogP contribution in [0.25, 0.3) is 0 Å². The first-order chi connectivity index (χ1) is 8.99. The van der Waals surface area contributed by atoms with Crippen LogP contribution in [0.3, 0.4) is 0 Å². The molecule has 7 nitrogen and oxygen atoms in total. The monoisotopic (exact) mass is 261 g/mol. The molecule has 1 unspecified atom stereocenters. The highest BCUT2D eigenvalue weighted by Crippen LogP contribution is 2.28. The van der Waals surface area contributed by atoms with E-state index >= 15 is 0 Å². The van der Waals surface area contributed by atoms with E-state index in [9.17, 15) is 14.9 Å². The van der Waals surface area contributed by atoms with E-state index in [0.29, 0.717) is 17.7 Å². The van der Waals surface area contributed by atoms with E-state index in [1.165, 1.54) is 18.2 Å². The molecule has 0 saturated carbocycles. The number of nitro groups is 1. The van der Waals surface area contributed by atoms with Crippen LogP contribution in [-0.2, 0) is 4.79 Å². The second kappa shape index (κ2) is 4.97. The lowest BCUT2D eigenvalue weighted by molar-refractivity contribution is -0.384. The highest BCUT2D eigenvalue weighted by Gasteiger charge is 2.28. The molecule has 0 amide bonds. The standard InChI is InChI=1S/C12H11N3O4/c1-7-5-10(11(12(16)17)14-13-7)8-3-2-4-9(6-8)15(18)19/h2-4,6,10H,5H2,1H3,(H,16,17). The summed E-state index contributed by atoms with van der Waals surface area (Å²) in [5, 5.41) is 27.3. The molecule has 0 saturated heterocycles. The molecule has 0 bridgehead atoms. The lowest BCUT2D eigenvalue weighted by Gasteiger charge is -2.19. The molecule has 0 aromatic heterocycles. The number of benzene rings is 1.